The number of rotatable bonds is 6. The van der Waals surface area contributed by atoms with Gasteiger partial charge in [-0.15, -0.1) is 0 Å². The van der Waals surface area contributed by atoms with Gasteiger partial charge < -0.3 is 27.1 Å². The number of imidazole rings is 1. The van der Waals surface area contributed by atoms with E-state index in [9.17, 15) is 0 Å². The Kier molecular flexibility index (Phi) is 6.38. The molecule has 9 heteroatoms. The van der Waals surface area contributed by atoms with E-state index in [1.807, 2.05) is 36.5 Å². The Bertz CT molecular complexity index is 1390. The maximum Gasteiger partial charge on any atom is 0.224 e. The fourth-order valence-corrected chi connectivity index (χ4v) is 6.01. The molecule has 7 N–H and O–H groups in total. The molecular weight excluding hydrogens is 462 g/mol. The summed E-state index contributed by atoms with van der Waals surface area (Å²) in [5, 5.41) is 3.46. The molecule has 0 saturated heterocycles. The molecule has 0 amide bonds. The van der Waals surface area contributed by atoms with Crippen molar-refractivity contribution in [1.29, 1.82) is 0 Å². The molecule has 0 bridgehead atoms. The molecule has 2 aliphatic rings. The van der Waals surface area contributed by atoms with Gasteiger partial charge in [-0.05, 0) is 49.8 Å². The SMILES string of the molecule is Nc1nc(NCc2ccc(-c3ccccc3N)nc2)c2nc(C3CCCC(N)C3)n(C3CCCC3)c2n1. The summed E-state index contributed by atoms with van der Waals surface area (Å²) in [4.78, 5) is 19.0. The lowest BCUT2D eigenvalue weighted by Crippen LogP contribution is -2.28. The standard InChI is InChI=1S/C28H35N9/c29-19-7-5-6-18(14-19)26-34-24-25(35-28(31)36-27(24)37(26)20-8-1-2-9-20)33-16-17-12-13-23(32-15-17)21-10-3-4-11-22(21)30/h3-4,10-13,15,18-20H,1-2,5-9,14,16,29-30H2,(H3,31,33,35,36). The van der Waals surface area contributed by atoms with Gasteiger partial charge in [0.05, 0.1) is 5.69 Å². The van der Waals surface area contributed by atoms with Crippen LogP contribution < -0.4 is 22.5 Å². The maximum absolute atomic E-state index is 6.37. The van der Waals surface area contributed by atoms with Crippen molar-refractivity contribution in [2.75, 3.05) is 16.8 Å². The van der Waals surface area contributed by atoms with Crippen LogP contribution in [0.2, 0.25) is 0 Å². The van der Waals surface area contributed by atoms with Gasteiger partial charge in [0.25, 0.3) is 0 Å². The number of nitrogens with zero attached hydrogens (tertiary/aromatic N) is 5. The lowest BCUT2D eigenvalue weighted by molar-refractivity contribution is 0.364. The zero-order valence-electron chi connectivity index (χ0n) is 21.1. The van der Waals surface area contributed by atoms with E-state index < -0.39 is 0 Å². The maximum atomic E-state index is 6.37. The van der Waals surface area contributed by atoms with Crippen molar-refractivity contribution < 1.29 is 0 Å². The normalized spacial score (nSPS) is 20.5. The van der Waals surface area contributed by atoms with Gasteiger partial charge in [0, 0.05) is 42.0 Å². The van der Waals surface area contributed by atoms with E-state index in [0.717, 1.165) is 72.3 Å². The van der Waals surface area contributed by atoms with Crippen LogP contribution in [-0.2, 0) is 6.54 Å². The molecule has 0 radical (unpaired) electrons. The number of nitrogen functional groups attached to an aromatic ring is 2. The van der Waals surface area contributed by atoms with E-state index in [1.165, 1.54) is 12.8 Å². The molecular formula is C28H35N9. The molecule has 2 aliphatic carbocycles. The zero-order chi connectivity index (χ0) is 25.4. The van der Waals surface area contributed by atoms with Crippen molar-refractivity contribution in [2.24, 2.45) is 5.73 Å². The average molecular weight is 498 g/mol. The van der Waals surface area contributed by atoms with Gasteiger partial charge in [-0.3, -0.25) is 4.98 Å². The number of benzene rings is 1. The second-order valence-corrected chi connectivity index (χ2v) is 10.5. The molecule has 3 heterocycles. The average Bonchev–Trinajstić information content (AvgIpc) is 3.56. The summed E-state index contributed by atoms with van der Waals surface area (Å²) in [5.41, 5.74) is 23.9. The van der Waals surface area contributed by atoms with Gasteiger partial charge in [0.1, 0.15) is 5.82 Å². The molecule has 192 valence electrons. The Morgan fingerprint density at radius 1 is 0.919 bits per heavy atom. The van der Waals surface area contributed by atoms with Gasteiger partial charge in [-0.2, -0.15) is 9.97 Å². The summed E-state index contributed by atoms with van der Waals surface area (Å²) in [6.45, 7) is 0.545. The van der Waals surface area contributed by atoms with Crippen LogP contribution in [0.25, 0.3) is 22.4 Å². The summed E-state index contributed by atoms with van der Waals surface area (Å²) < 4.78 is 2.37. The van der Waals surface area contributed by atoms with Crippen LogP contribution >= 0.6 is 0 Å². The molecule has 0 spiro atoms. The van der Waals surface area contributed by atoms with Crippen molar-refractivity contribution in [3.8, 4) is 11.3 Å². The highest BCUT2D eigenvalue weighted by atomic mass is 15.2. The fraction of sp³-hybridized carbons (Fsp3) is 0.429. The molecule has 3 aromatic heterocycles. The number of fused-ring (bicyclic) bond motifs is 1. The molecule has 2 fully saturated rings. The van der Waals surface area contributed by atoms with Crippen molar-refractivity contribution in [3.63, 3.8) is 0 Å². The van der Waals surface area contributed by atoms with E-state index in [-0.39, 0.29) is 12.0 Å². The Labute approximate surface area is 216 Å². The van der Waals surface area contributed by atoms with Gasteiger partial charge in [0.2, 0.25) is 5.95 Å². The lowest BCUT2D eigenvalue weighted by atomic mass is 9.85. The van der Waals surface area contributed by atoms with Crippen molar-refractivity contribution in [1.82, 2.24) is 24.5 Å². The molecule has 4 aromatic rings. The van der Waals surface area contributed by atoms with Gasteiger partial charge in [-0.1, -0.05) is 43.5 Å². The van der Waals surface area contributed by atoms with E-state index in [1.54, 1.807) is 0 Å². The molecule has 2 unspecified atom stereocenters. The van der Waals surface area contributed by atoms with Crippen LogP contribution in [-0.4, -0.2) is 30.5 Å². The van der Waals surface area contributed by atoms with Crippen LogP contribution in [0, 0.1) is 0 Å². The van der Waals surface area contributed by atoms with Crippen molar-refractivity contribution >= 4 is 28.6 Å². The van der Waals surface area contributed by atoms with Gasteiger partial charge in [0.15, 0.2) is 17.0 Å². The van der Waals surface area contributed by atoms with E-state index >= 15 is 0 Å². The number of nitrogens with two attached hydrogens (primary N) is 3. The van der Waals surface area contributed by atoms with E-state index in [2.05, 4.69) is 25.9 Å². The summed E-state index contributed by atoms with van der Waals surface area (Å²) in [6.07, 6.45) is 10.9. The van der Waals surface area contributed by atoms with Gasteiger partial charge >= 0.3 is 0 Å². The Morgan fingerprint density at radius 2 is 1.76 bits per heavy atom. The van der Waals surface area contributed by atoms with Crippen LogP contribution in [0.15, 0.2) is 42.6 Å². The highest BCUT2D eigenvalue weighted by Gasteiger charge is 2.31. The van der Waals surface area contributed by atoms with Crippen LogP contribution in [0.4, 0.5) is 17.5 Å². The first-order valence-corrected chi connectivity index (χ1v) is 13.4. The van der Waals surface area contributed by atoms with E-state index in [0.29, 0.717) is 30.0 Å². The number of hydrogen-bond donors (Lipinski definition) is 4. The Balaban J connectivity index is 1.31. The summed E-state index contributed by atoms with van der Waals surface area (Å²) >= 11 is 0. The number of para-hydroxylation sites is 1. The molecule has 37 heavy (non-hydrogen) atoms. The highest BCUT2D eigenvalue weighted by Crippen LogP contribution is 2.40. The van der Waals surface area contributed by atoms with Crippen molar-refractivity contribution in [3.05, 3.63) is 54.0 Å². The zero-order valence-corrected chi connectivity index (χ0v) is 21.1. The first kappa shape index (κ1) is 23.7. The molecule has 2 atom stereocenters. The van der Waals surface area contributed by atoms with Crippen molar-refractivity contribution in [2.45, 2.75) is 75.9 Å². The van der Waals surface area contributed by atoms with E-state index in [4.69, 9.17) is 27.2 Å². The Morgan fingerprint density at radius 3 is 2.51 bits per heavy atom. The first-order chi connectivity index (χ1) is 18.1. The second kappa shape index (κ2) is 9.97. The molecule has 6 rings (SSSR count). The molecule has 1 aromatic carbocycles. The molecule has 9 nitrogen and oxygen atoms in total. The van der Waals surface area contributed by atoms with Crippen LogP contribution in [0.1, 0.15) is 74.7 Å². The monoisotopic (exact) mass is 497 g/mol. The van der Waals surface area contributed by atoms with Crippen LogP contribution in [0.3, 0.4) is 0 Å². The minimum atomic E-state index is 0.228. The minimum Gasteiger partial charge on any atom is -0.398 e. The smallest absolute Gasteiger partial charge is 0.224 e. The predicted molar refractivity (Wildman–Crippen MR) is 148 cm³/mol. The third-order valence-corrected chi connectivity index (χ3v) is 7.88. The predicted octanol–water partition coefficient (Wildman–Crippen LogP) is 4.76. The second-order valence-electron chi connectivity index (χ2n) is 10.5. The number of anilines is 3. The number of nitrogens with one attached hydrogen (secondary N) is 1. The third kappa shape index (κ3) is 4.71. The minimum absolute atomic E-state index is 0.228. The number of aromatic nitrogens is 5. The largest absolute Gasteiger partial charge is 0.398 e. The highest BCUT2D eigenvalue weighted by molar-refractivity contribution is 5.85. The molecule has 0 aliphatic heterocycles. The van der Waals surface area contributed by atoms with Crippen LogP contribution in [0.5, 0.6) is 0 Å². The summed E-state index contributed by atoms with van der Waals surface area (Å²) in [7, 11) is 0. The fourth-order valence-electron chi connectivity index (χ4n) is 6.01. The summed E-state index contributed by atoms with van der Waals surface area (Å²) in [5.74, 6) is 2.37. The first-order valence-electron chi connectivity index (χ1n) is 13.4. The van der Waals surface area contributed by atoms with Gasteiger partial charge in [-0.25, -0.2) is 4.98 Å². The topological polar surface area (TPSA) is 147 Å². The number of pyridine rings is 1. The third-order valence-electron chi connectivity index (χ3n) is 7.88. The molecule has 2 saturated carbocycles. The Hall–Kier alpha value is -3.72. The quantitative estimate of drug-likeness (QED) is 0.279. The lowest BCUT2D eigenvalue weighted by Gasteiger charge is -2.28. The number of hydrogen-bond acceptors (Lipinski definition) is 8. The summed E-state index contributed by atoms with van der Waals surface area (Å²) in [6, 6.07) is 12.4.